The van der Waals surface area contributed by atoms with Gasteiger partial charge in [0, 0.05) is 36.8 Å². The van der Waals surface area contributed by atoms with E-state index in [9.17, 15) is 0 Å². The van der Waals surface area contributed by atoms with Gasteiger partial charge in [-0.25, -0.2) is 4.98 Å². The molecule has 0 atom stereocenters. The number of nitrogens with two attached hydrogens (primary N) is 1. The second-order valence-corrected chi connectivity index (χ2v) is 4.41. The number of nitrogen functional groups attached to an aromatic ring is 1. The van der Waals surface area contributed by atoms with Crippen molar-refractivity contribution < 1.29 is 0 Å². The Bertz CT molecular complexity index is 410. The lowest BCUT2D eigenvalue weighted by molar-refractivity contribution is 0.677. The van der Waals surface area contributed by atoms with Crippen LogP contribution in [0.3, 0.4) is 0 Å². The average molecular weight is 234 g/mol. The number of nitrogens with zero attached hydrogens (tertiary/aromatic N) is 2. The van der Waals surface area contributed by atoms with Crippen LogP contribution in [0, 0.1) is 0 Å². The Morgan fingerprint density at radius 3 is 2.94 bits per heavy atom. The third kappa shape index (κ3) is 3.29. The quantitative estimate of drug-likeness (QED) is 0.769. The molecule has 0 aliphatic rings. The lowest BCUT2D eigenvalue weighted by atomic mass is 10.2. The minimum Gasteiger partial charge on any atom is -0.397 e. The van der Waals surface area contributed by atoms with Crippen LogP contribution < -0.4 is 11.1 Å². The van der Waals surface area contributed by atoms with Crippen LogP contribution in [0.1, 0.15) is 10.7 Å². The van der Waals surface area contributed by atoms with Crippen molar-refractivity contribution in [2.24, 2.45) is 0 Å². The van der Waals surface area contributed by atoms with E-state index >= 15 is 0 Å². The van der Waals surface area contributed by atoms with Crippen LogP contribution in [-0.2, 0) is 13.0 Å². The Morgan fingerprint density at radius 2 is 2.25 bits per heavy atom. The lowest BCUT2D eigenvalue weighted by Crippen LogP contribution is -2.16. The SMILES string of the molecule is Nc1ccc(CCNCc2nccs2)nc1. The molecule has 5 heteroatoms. The monoisotopic (exact) mass is 234 g/mol. The first-order valence-corrected chi connectivity index (χ1v) is 6.02. The highest BCUT2D eigenvalue weighted by atomic mass is 32.1. The zero-order valence-corrected chi connectivity index (χ0v) is 9.70. The minimum absolute atomic E-state index is 0.708. The number of hydrogen-bond acceptors (Lipinski definition) is 5. The fourth-order valence-electron chi connectivity index (χ4n) is 1.34. The molecule has 0 radical (unpaired) electrons. The van der Waals surface area contributed by atoms with Crippen molar-refractivity contribution in [2.75, 3.05) is 12.3 Å². The van der Waals surface area contributed by atoms with Gasteiger partial charge in [-0.3, -0.25) is 4.98 Å². The summed E-state index contributed by atoms with van der Waals surface area (Å²) in [4.78, 5) is 8.43. The first-order chi connectivity index (χ1) is 7.84. The smallest absolute Gasteiger partial charge is 0.106 e. The van der Waals surface area contributed by atoms with Gasteiger partial charge in [-0.05, 0) is 12.1 Å². The molecule has 0 aliphatic carbocycles. The second kappa shape index (κ2) is 5.58. The van der Waals surface area contributed by atoms with Crippen LogP contribution in [0.2, 0.25) is 0 Å². The summed E-state index contributed by atoms with van der Waals surface area (Å²) in [6.07, 6.45) is 4.42. The Labute approximate surface area is 98.6 Å². The summed E-state index contributed by atoms with van der Waals surface area (Å²) in [7, 11) is 0. The van der Waals surface area contributed by atoms with Gasteiger partial charge in [-0.2, -0.15) is 0 Å². The topological polar surface area (TPSA) is 63.8 Å². The number of anilines is 1. The van der Waals surface area contributed by atoms with Gasteiger partial charge >= 0.3 is 0 Å². The summed E-state index contributed by atoms with van der Waals surface area (Å²) >= 11 is 1.67. The first-order valence-electron chi connectivity index (χ1n) is 5.14. The van der Waals surface area contributed by atoms with Gasteiger partial charge in [-0.15, -0.1) is 11.3 Å². The van der Waals surface area contributed by atoms with Crippen molar-refractivity contribution in [3.8, 4) is 0 Å². The van der Waals surface area contributed by atoms with E-state index in [1.54, 1.807) is 17.5 Å². The summed E-state index contributed by atoms with van der Waals surface area (Å²) in [6.45, 7) is 1.73. The van der Waals surface area contributed by atoms with E-state index < -0.39 is 0 Å². The molecule has 0 spiro atoms. The molecule has 2 aromatic rings. The largest absolute Gasteiger partial charge is 0.397 e. The predicted octanol–water partition coefficient (Wildman–Crippen LogP) is 1.45. The standard InChI is InChI=1S/C11H14N4S/c12-9-1-2-10(15-7-9)3-4-13-8-11-14-5-6-16-11/h1-2,5-7,13H,3-4,8,12H2. The molecule has 0 saturated carbocycles. The van der Waals surface area contributed by atoms with E-state index in [2.05, 4.69) is 15.3 Å². The lowest BCUT2D eigenvalue weighted by Gasteiger charge is -2.02. The second-order valence-electron chi connectivity index (χ2n) is 3.44. The van der Waals surface area contributed by atoms with E-state index in [-0.39, 0.29) is 0 Å². The van der Waals surface area contributed by atoms with Crippen LogP contribution >= 0.6 is 11.3 Å². The summed E-state index contributed by atoms with van der Waals surface area (Å²) in [5, 5.41) is 6.43. The van der Waals surface area contributed by atoms with Crippen LogP contribution in [0.5, 0.6) is 0 Å². The Balaban J connectivity index is 1.70. The van der Waals surface area contributed by atoms with Crippen LogP contribution in [0.15, 0.2) is 29.9 Å². The molecule has 4 nitrogen and oxygen atoms in total. The van der Waals surface area contributed by atoms with E-state index in [0.29, 0.717) is 5.69 Å². The summed E-state index contributed by atoms with van der Waals surface area (Å²) in [5.74, 6) is 0. The number of aromatic nitrogens is 2. The van der Waals surface area contributed by atoms with Gasteiger partial charge in [0.15, 0.2) is 0 Å². The van der Waals surface area contributed by atoms with Gasteiger partial charge in [0.2, 0.25) is 0 Å². The fraction of sp³-hybridized carbons (Fsp3) is 0.273. The molecule has 0 aromatic carbocycles. The van der Waals surface area contributed by atoms with Crippen LogP contribution in [0.25, 0.3) is 0 Å². The molecule has 0 saturated heterocycles. The number of thiazole rings is 1. The molecule has 2 heterocycles. The van der Waals surface area contributed by atoms with E-state index in [1.165, 1.54) is 0 Å². The van der Waals surface area contributed by atoms with E-state index in [0.717, 1.165) is 30.2 Å². The Morgan fingerprint density at radius 1 is 1.31 bits per heavy atom. The van der Waals surface area contributed by atoms with Gasteiger partial charge in [-0.1, -0.05) is 0 Å². The Hall–Kier alpha value is -1.46. The summed E-state index contributed by atoms with van der Waals surface area (Å²) in [6, 6.07) is 3.84. The fourth-order valence-corrected chi connectivity index (χ4v) is 1.92. The highest BCUT2D eigenvalue weighted by molar-refractivity contribution is 7.09. The number of hydrogen-bond donors (Lipinski definition) is 2. The predicted molar refractivity (Wildman–Crippen MR) is 66.2 cm³/mol. The molecule has 16 heavy (non-hydrogen) atoms. The molecule has 0 amide bonds. The average Bonchev–Trinajstić information content (AvgIpc) is 2.80. The number of rotatable bonds is 5. The van der Waals surface area contributed by atoms with Gasteiger partial charge in [0.1, 0.15) is 5.01 Å². The van der Waals surface area contributed by atoms with Gasteiger partial charge in [0.05, 0.1) is 11.9 Å². The van der Waals surface area contributed by atoms with Crippen LogP contribution in [-0.4, -0.2) is 16.5 Å². The highest BCUT2D eigenvalue weighted by Crippen LogP contribution is 2.03. The van der Waals surface area contributed by atoms with Crippen molar-refractivity contribution in [3.63, 3.8) is 0 Å². The molecular weight excluding hydrogens is 220 g/mol. The minimum atomic E-state index is 0.708. The van der Waals surface area contributed by atoms with Gasteiger partial charge in [0.25, 0.3) is 0 Å². The molecule has 84 valence electrons. The summed E-state index contributed by atoms with van der Waals surface area (Å²) in [5.41, 5.74) is 7.32. The van der Waals surface area contributed by atoms with Crippen molar-refractivity contribution in [1.29, 1.82) is 0 Å². The van der Waals surface area contributed by atoms with Crippen molar-refractivity contribution in [2.45, 2.75) is 13.0 Å². The van der Waals surface area contributed by atoms with E-state index in [1.807, 2.05) is 23.7 Å². The van der Waals surface area contributed by atoms with Gasteiger partial charge < -0.3 is 11.1 Å². The molecular formula is C11H14N4S. The molecule has 2 aromatic heterocycles. The molecule has 0 unspecified atom stereocenters. The maximum atomic E-state index is 5.56. The molecule has 0 fully saturated rings. The normalized spacial score (nSPS) is 10.5. The molecule has 0 bridgehead atoms. The Kier molecular flexibility index (Phi) is 3.85. The van der Waals surface area contributed by atoms with Crippen molar-refractivity contribution >= 4 is 17.0 Å². The van der Waals surface area contributed by atoms with Crippen molar-refractivity contribution in [1.82, 2.24) is 15.3 Å². The molecule has 3 N–H and O–H groups in total. The number of nitrogens with one attached hydrogen (secondary N) is 1. The third-order valence-electron chi connectivity index (χ3n) is 2.17. The highest BCUT2D eigenvalue weighted by Gasteiger charge is 1.96. The zero-order valence-electron chi connectivity index (χ0n) is 8.89. The maximum Gasteiger partial charge on any atom is 0.106 e. The maximum absolute atomic E-state index is 5.56. The van der Waals surface area contributed by atoms with Crippen molar-refractivity contribution in [3.05, 3.63) is 40.6 Å². The van der Waals surface area contributed by atoms with E-state index in [4.69, 9.17) is 5.73 Å². The third-order valence-corrected chi connectivity index (χ3v) is 2.94. The van der Waals surface area contributed by atoms with Crippen LogP contribution in [0.4, 0.5) is 5.69 Å². The zero-order chi connectivity index (χ0) is 11.2. The number of pyridine rings is 1. The summed E-state index contributed by atoms with van der Waals surface area (Å²) < 4.78 is 0. The first kappa shape index (κ1) is 11.0. The molecule has 2 rings (SSSR count). The molecule has 0 aliphatic heterocycles.